The predicted octanol–water partition coefficient (Wildman–Crippen LogP) is 1.31. The Bertz CT molecular complexity index is 544. The van der Waals surface area contributed by atoms with Crippen molar-refractivity contribution in [3.8, 4) is 0 Å². The predicted molar refractivity (Wildman–Crippen MR) is 65.5 cm³/mol. The highest BCUT2D eigenvalue weighted by molar-refractivity contribution is 7.99. The third-order valence-corrected chi connectivity index (χ3v) is 3.06. The van der Waals surface area contributed by atoms with Crippen LogP contribution in [0.15, 0.2) is 46.7 Å². The Morgan fingerprint density at radius 3 is 2.71 bits per heavy atom. The maximum absolute atomic E-state index is 11.0. The summed E-state index contributed by atoms with van der Waals surface area (Å²) in [4.78, 5) is 19.9. The van der Waals surface area contributed by atoms with E-state index in [1.54, 1.807) is 36.8 Å². The van der Waals surface area contributed by atoms with E-state index in [1.165, 1.54) is 11.8 Å². The van der Waals surface area contributed by atoms with Gasteiger partial charge >= 0.3 is 0 Å². The summed E-state index contributed by atoms with van der Waals surface area (Å²) >= 11 is 1.38. The first-order chi connectivity index (χ1) is 8.16. The molecule has 0 spiro atoms. The van der Waals surface area contributed by atoms with Crippen LogP contribution in [0.5, 0.6) is 0 Å². The Hall–Kier alpha value is -2.08. The summed E-state index contributed by atoms with van der Waals surface area (Å²) in [5.41, 5.74) is 11.9. The van der Waals surface area contributed by atoms with E-state index in [4.69, 9.17) is 11.5 Å². The summed E-state index contributed by atoms with van der Waals surface area (Å²) in [5.74, 6) is -0.493. The van der Waals surface area contributed by atoms with E-state index >= 15 is 0 Å². The first kappa shape index (κ1) is 11.4. The van der Waals surface area contributed by atoms with Crippen LogP contribution in [0.2, 0.25) is 0 Å². The molecule has 5 nitrogen and oxygen atoms in total. The average molecular weight is 246 g/mol. The Morgan fingerprint density at radius 1 is 1.29 bits per heavy atom. The summed E-state index contributed by atoms with van der Waals surface area (Å²) in [6.07, 6.45) is 4.85. The van der Waals surface area contributed by atoms with E-state index in [1.807, 2.05) is 0 Å². The second kappa shape index (κ2) is 4.84. The summed E-state index contributed by atoms with van der Waals surface area (Å²) in [7, 11) is 0. The number of hydrogen-bond donors (Lipinski definition) is 2. The SMILES string of the molecule is NC(=O)c1ccc(Sc2cnccn2)c(N)c1. The number of anilines is 1. The van der Waals surface area contributed by atoms with E-state index in [2.05, 4.69) is 9.97 Å². The number of aromatic nitrogens is 2. The van der Waals surface area contributed by atoms with Gasteiger partial charge in [-0.15, -0.1) is 0 Å². The van der Waals surface area contributed by atoms with Crippen molar-refractivity contribution in [1.29, 1.82) is 0 Å². The Kier molecular flexibility index (Phi) is 3.24. The fraction of sp³-hybridized carbons (Fsp3) is 0. The highest BCUT2D eigenvalue weighted by Gasteiger charge is 2.06. The van der Waals surface area contributed by atoms with Crippen molar-refractivity contribution < 1.29 is 4.79 Å². The fourth-order valence-electron chi connectivity index (χ4n) is 1.25. The molecule has 2 rings (SSSR count). The van der Waals surface area contributed by atoms with Crippen LogP contribution in [0.25, 0.3) is 0 Å². The number of nitrogens with two attached hydrogens (primary N) is 2. The quantitative estimate of drug-likeness (QED) is 0.796. The molecule has 0 aliphatic heterocycles. The van der Waals surface area contributed by atoms with Crippen LogP contribution in [-0.2, 0) is 0 Å². The minimum atomic E-state index is -0.493. The highest BCUT2D eigenvalue weighted by Crippen LogP contribution is 2.30. The van der Waals surface area contributed by atoms with Crippen LogP contribution in [0.3, 0.4) is 0 Å². The summed E-state index contributed by atoms with van der Waals surface area (Å²) in [6, 6.07) is 4.94. The number of primary amides is 1. The van der Waals surface area contributed by atoms with Gasteiger partial charge in [0.25, 0.3) is 0 Å². The monoisotopic (exact) mass is 246 g/mol. The van der Waals surface area contributed by atoms with Gasteiger partial charge in [-0.25, -0.2) is 4.98 Å². The molecule has 1 aromatic carbocycles. The van der Waals surface area contributed by atoms with Crippen molar-refractivity contribution in [2.24, 2.45) is 5.73 Å². The van der Waals surface area contributed by atoms with Gasteiger partial charge in [-0.05, 0) is 18.2 Å². The summed E-state index contributed by atoms with van der Waals surface area (Å²) in [5, 5.41) is 0.742. The van der Waals surface area contributed by atoms with Crippen LogP contribution in [0.1, 0.15) is 10.4 Å². The summed E-state index contributed by atoms with van der Waals surface area (Å²) < 4.78 is 0. The van der Waals surface area contributed by atoms with Crippen molar-refractivity contribution in [2.75, 3.05) is 5.73 Å². The number of rotatable bonds is 3. The molecule has 4 N–H and O–H groups in total. The second-order valence-electron chi connectivity index (χ2n) is 3.26. The van der Waals surface area contributed by atoms with E-state index < -0.39 is 5.91 Å². The minimum absolute atomic E-state index is 0.394. The average Bonchev–Trinajstić information content (AvgIpc) is 2.33. The van der Waals surface area contributed by atoms with E-state index in [0.717, 1.165) is 9.92 Å². The molecule has 0 saturated heterocycles. The maximum Gasteiger partial charge on any atom is 0.248 e. The number of nitrogen functional groups attached to an aromatic ring is 1. The zero-order chi connectivity index (χ0) is 12.3. The van der Waals surface area contributed by atoms with Crippen LogP contribution in [0.4, 0.5) is 5.69 Å². The third kappa shape index (κ3) is 2.73. The van der Waals surface area contributed by atoms with Crippen LogP contribution in [0, 0.1) is 0 Å². The summed E-state index contributed by atoms with van der Waals surface area (Å²) in [6.45, 7) is 0. The third-order valence-electron chi connectivity index (χ3n) is 2.05. The number of carbonyl (C=O) groups is 1. The van der Waals surface area contributed by atoms with Crippen molar-refractivity contribution in [3.63, 3.8) is 0 Å². The minimum Gasteiger partial charge on any atom is -0.398 e. The maximum atomic E-state index is 11.0. The van der Waals surface area contributed by atoms with E-state index in [-0.39, 0.29) is 0 Å². The van der Waals surface area contributed by atoms with Gasteiger partial charge in [0.2, 0.25) is 5.91 Å². The van der Waals surface area contributed by atoms with Crippen molar-refractivity contribution >= 4 is 23.4 Å². The van der Waals surface area contributed by atoms with Crippen LogP contribution >= 0.6 is 11.8 Å². The van der Waals surface area contributed by atoms with Crippen molar-refractivity contribution in [3.05, 3.63) is 42.4 Å². The normalized spacial score (nSPS) is 10.1. The number of amides is 1. The molecule has 0 saturated carbocycles. The van der Waals surface area contributed by atoms with Gasteiger partial charge < -0.3 is 11.5 Å². The number of nitrogens with zero attached hydrogens (tertiary/aromatic N) is 2. The standard InChI is InChI=1S/C11H10N4OS/c12-8-5-7(11(13)16)1-2-9(8)17-10-6-14-3-4-15-10/h1-6H,12H2,(H2,13,16). The van der Waals surface area contributed by atoms with Gasteiger partial charge in [-0.1, -0.05) is 11.8 Å². The molecule has 86 valence electrons. The smallest absolute Gasteiger partial charge is 0.248 e. The molecule has 17 heavy (non-hydrogen) atoms. The zero-order valence-corrected chi connectivity index (χ0v) is 9.65. The molecule has 0 radical (unpaired) electrons. The van der Waals surface area contributed by atoms with Crippen LogP contribution in [-0.4, -0.2) is 15.9 Å². The van der Waals surface area contributed by atoms with E-state index in [0.29, 0.717) is 11.3 Å². The zero-order valence-electron chi connectivity index (χ0n) is 8.83. The lowest BCUT2D eigenvalue weighted by Gasteiger charge is -2.05. The lowest BCUT2D eigenvalue weighted by atomic mass is 10.2. The molecule has 2 aromatic rings. The number of hydrogen-bond acceptors (Lipinski definition) is 5. The van der Waals surface area contributed by atoms with Gasteiger partial charge in [-0.3, -0.25) is 9.78 Å². The lowest BCUT2D eigenvalue weighted by Crippen LogP contribution is -2.11. The van der Waals surface area contributed by atoms with Gasteiger partial charge in [0.05, 0.1) is 6.20 Å². The van der Waals surface area contributed by atoms with Gasteiger partial charge in [0, 0.05) is 28.5 Å². The molecule has 0 unspecified atom stereocenters. The molecule has 1 amide bonds. The largest absolute Gasteiger partial charge is 0.398 e. The Balaban J connectivity index is 2.26. The van der Waals surface area contributed by atoms with Gasteiger partial charge in [0.15, 0.2) is 0 Å². The topological polar surface area (TPSA) is 94.9 Å². The molecule has 1 heterocycles. The lowest BCUT2D eigenvalue weighted by molar-refractivity contribution is 0.100. The van der Waals surface area contributed by atoms with Crippen molar-refractivity contribution in [2.45, 2.75) is 9.92 Å². The van der Waals surface area contributed by atoms with E-state index in [9.17, 15) is 4.79 Å². The van der Waals surface area contributed by atoms with Crippen molar-refractivity contribution in [1.82, 2.24) is 9.97 Å². The molecule has 1 aromatic heterocycles. The molecule has 0 aliphatic rings. The number of benzene rings is 1. The molecule has 6 heteroatoms. The van der Waals surface area contributed by atoms with Gasteiger partial charge in [0.1, 0.15) is 5.03 Å². The van der Waals surface area contributed by atoms with Crippen LogP contribution < -0.4 is 11.5 Å². The fourth-order valence-corrected chi connectivity index (χ4v) is 2.01. The number of carbonyl (C=O) groups excluding carboxylic acids is 1. The first-order valence-corrected chi connectivity index (χ1v) is 5.61. The first-order valence-electron chi connectivity index (χ1n) is 4.80. The Labute approximate surface area is 102 Å². The molecule has 0 aliphatic carbocycles. The Morgan fingerprint density at radius 2 is 2.12 bits per heavy atom. The van der Waals surface area contributed by atoms with Gasteiger partial charge in [-0.2, -0.15) is 0 Å². The highest BCUT2D eigenvalue weighted by atomic mass is 32.2. The molecular weight excluding hydrogens is 236 g/mol. The molecule has 0 bridgehead atoms. The molecular formula is C11H10N4OS. The molecule has 0 atom stereocenters. The second-order valence-corrected chi connectivity index (χ2v) is 4.32. The molecule has 0 fully saturated rings.